The Kier molecular flexibility index (Phi) is 49.7. The van der Waals surface area contributed by atoms with Gasteiger partial charge in [0.15, 0.2) is 0 Å². The fourth-order valence-electron chi connectivity index (χ4n) is 11.4. The first-order valence-corrected chi connectivity index (χ1v) is 36.3. The Morgan fingerprint density at radius 2 is 0.768 bits per heavy atom. The van der Waals surface area contributed by atoms with Gasteiger partial charge in [0.1, 0.15) is 12.4 Å². The molecule has 0 N–H and O–H groups in total. The molecule has 24 heteroatoms. The average Bonchev–Trinajstić information content (AvgIpc) is 1.75. The van der Waals surface area contributed by atoms with Gasteiger partial charge in [-0.05, 0) is 44.9 Å². The van der Waals surface area contributed by atoms with Crippen LogP contribution in [0.3, 0.4) is 0 Å². The lowest BCUT2D eigenvalue weighted by Crippen LogP contribution is -2.38. The normalized spacial score (nSPS) is 18.7. The van der Waals surface area contributed by atoms with Gasteiger partial charge in [0.2, 0.25) is 35.9 Å². The molecule has 5 atom stereocenters. The number of hydrogen-bond acceptors (Lipinski definition) is 15. The molecule has 0 radical (unpaired) electrons. The Labute approximate surface area is 598 Å². The van der Waals surface area contributed by atoms with Crippen molar-refractivity contribution in [1.82, 2.24) is 29.1 Å². The summed E-state index contributed by atoms with van der Waals surface area (Å²) in [5.41, 5.74) is 0. The van der Waals surface area contributed by atoms with E-state index in [0.29, 0.717) is 104 Å². The Morgan fingerprint density at radius 3 is 1.11 bits per heavy atom. The Balaban J connectivity index is 0. The maximum Gasteiger partial charge on any atom is 0.311 e. The maximum atomic E-state index is 12.0. The smallest absolute Gasteiger partial charge is 0.311 e. The van der Waals surface area contributed by atoms with Gasteiger partial charge in [-0.2, -0.15) is 0 Å². The van der Waals surface area contributed by atoms with Gasteiger partial charge in [0, 0.05) is 117 Å². The van der Waals surface area contributed by atoms with Gasteiger partial charge in [0.25, 0.3) is 0 Å². The fraction of sp³-hybridized carbons (Fsp3) is 0.787. The minimum atomic E-state index is -0.284. The zero-order valence-electron chi connectivity index (χ0n) is 65.2. The maximum absolute atomic E-state index is 12.0. The van der Waals surface area contributed by atoms with E-state index in [4.69, 9.17) is 23.7 Å². The van der Waals surface area contributed by atoms with Crippen LogP contribution in [0.15, 0.2) is 18.7 Å². The molecule has 5 aliphatic rings. The predicted molar refractivity (Wildman–Crippen MR) is 387 cm³/mol. The highest BCUT2D eigenvalue weighted by Gasteiger charge is 2.39. The average molecular weight is 1410 g/mol. The van der Waals surface area contributed by atoms with Crippen molar-refractivity contribution < 1.29 is 85.2 Å². The van der Waals surface area contributed by atoms with Gasteiger partial charge < -0.3 is 79.4 Å². The SMILES string of the molecule is CCCCN1CC(C(=O)OCCC[N+](C)(C)C)CC1=O.CCCCOC(=O)C1CC(=O)N(C)C1.CCCCOC(=O)C1CC(=O)N(CCC[N+](C)(C)C)C1.CCCCOC(=O)C1CC(=O)N(CCCn2cc[n+](C)c2)C1.CCOC(=O)C1CC(=O)N(CCCCCCC(C)C)C1.[CH3-].[CH3-].[CH3-]. The summed E-state index contributed by atoms with van der Waals surface area (Å²) in [6, 6.07) is 0. The van der Waals surface area contributed by atoms with E-state index in [1.54, 1.807) is 33.6 Å². The molecule has 574 valence electrons. The topological polar surface area (TPSA) is 242 Å². The lowest BCUT2D eigenvalue weighted by atomic mass is 10.0. The summed E-state index contributed by atoms with van der Waals surface area (Å²) >= 11 is 0. The number of carbonyl (C=O) groups is 10. The second kappa shape index (κ2) is 51.9. The van der Waals surface area contributed by atoms with Crippen LogP contribution in [0.4, 0.5) is 0 Å². The minimum Gasteiger partial charge on any atom is -0.466 e. The van der Waals surface area contributed by atoms with Crippen LogP contribution in [0.25, 0.3) is 0 Å². The number of nitrogens with zero attached hydrogens (tertiary/aromatic N) is 9. The lowest BCUT2D eigenvalue weighted by Gasteiger charge is -2.25. The molecule has 99 heavy (non-hydrogen) atoms. The molecule has 5 amide bonds. The van der Waals surface area contributed by atoms with Crippen molar-refractivity contribution in [2.45, 2.75) is 190 Å². The molecule has 5 aliphatic heterocycles. The number of carbonyl (C=O) groups excluding carboxylic acids is 10. The van der Waals surface area contributed by atoms with Crippen molar-refractivity contribution in [1.29, 1.82) is 0 Å². The second-order valence-corrected chi connectivity index (χ2v) is 29.0. The second-order valence-electron chi connectivity index (χ2n) is 29.0. The monoisotopic (exact) mass is 1410 g/mol. The largest absolute Gasteiger partial charge is 0.466 e. The van der Waals surface area contributed by atoms with Crippen LogP contribution in [-0.4, -0.2) is 252 Å². The van der Waals surface area contributed by atoms with E-state index in [2.05, 4.69) is 81.5 Å². The first-order chi connectivity index (χ1) is 45.4. The number of hydrogen-bond donors (Lipinski definition) is 0. The number of esters is 5. The quantitative estimate of drug-likeness (QED) is 0.0151. The molecule has 6 rings (SSSR count). The number of ether oxygens (including phenoxy) is 5. The number of amides is 5. The molecule has 0 spiro atoms. The summed E-state index contributed by atoms with van der Waals surface area (Å²) in [5, 5.41) is 0. The summed E-state index contributed by atoms with van der Waals surface area (Å²) in [6.07, 6.45) is 24.0. The minimum absolute atomic E-state index is 0. The Hall–Kier alpha value is -6.17. The summed E-state index contributed by atoms with van der Waals surface area (Å²) in [7, 11) is 16.4. The van der Waals surface area contributed by atoms with E-state index in [9.17, 15) is 47.9 Å². The number of aromatic nitrogens is 2. The highest BCUT2D eigenvalue weighted by atomic mass is 16.5. The van der Waals surface area contributed by atoms with E-state index in [1.165, 1.54) is 25.7 Å². The molecule has 1 aromatic rings. The number of likely N-dealkylation sites (tertiary alicyclic amines) is 5. The number of unbranched alkanes of at least 4 members (excludes halogenated alkanes) is 7. The van der Waals surface area contributed by atoms with Crippen LogP contribution in [0.5, 0.6) is 0 Å². The molecule has 1 aromatic heterocycles. The van der Waals surface area contributed by atoms with Crippen LogP contribution in [0.1, 0.15) is 183 Å². The van der Waals surface area contributed by atoms with Crippen molar-refractivity contribution in [2.75, 3.05) is 154 Å². The van der Waals surface area contributed by atoms with Crippen LogP contribution in [0, 0.1) is 57.8 Å². The Bertz CT molecular complexity index is 2500. The summed E-state index contributed by atoms with van der Waals surface area (Å²) in [6.45, 7) is 25.3. The summed E-state index contributed by atoms with van der Waals surface area (Å²) in [5.74, 6) is -1.23. The molecule has 24 nitrogen and oxygen atoms in total. The van der Waals surface area contributed by atoms with E-state index >= 15 is 0 Å². The molecule has 0 bridgehead atoms. The van der Waals surface area contributed by atoms with Crippen LogP contribution in [0.2, 0.25) is 0 Å². The third kappa shape index (κ3) is 40.8. The van der Waals surface area contributed by atoms with Crippen LogP contribution >= 0.6 is 0 Å². The summed E-state index contributed by atoms with van der Waals surface area (Å²) < 4.78 is 31.6. The van der Waals surface area contributed by atoms with Crippen LogP contribution < -0.4 is 4.57 Å². The van der Waals surface area contributed by atoms with E-state index < -0.39 is 0 Å². The first-order valence-electron chi connectivity index (χ1n) is 36.3. The van der Waals surface area contributed by atoms with Gasteiger partial charge in [-0.1, -0.05) is 92.9 Å². The van der Waals surface area contributed by atoms with Crippen molar-refractivity contribution in [3.8, 4) is 0 Å². The standard InChI is InChI=1S/C16H26N3O3.C16H29NO3.2C15H29N2O3.C10H17NO3.3CH3/c1-3-4-10-22-16(21)14-11-15(20)19(12-14)7-5-6-18-9-8-17(2)13-18;1-4-20-16(19)14-11-15(18)17(12-14)10-8-6-5-7-9-13(2)3;1-5-6-10-20-15(19)13-11-14(18)16(12-13)8-7-9-17(2,3)4;1-5-6-8-16-12-13(11-14(16)18)15(19)20-10-7-9-17(2,3)4;1-3-4-5-14-10(13)8-6-9(12)11(2)7-8;;;/h8-9,13-14H,3-7,10-12H2,1-2H3;13-14H,4-12H2,1-3H3;2*13H,5-12H2,1-4H3;8H,3-7H2,1-2H3;3*1H3/q+1;;2*+1;;3*-1. The van der Waals surface area contributed by atoms with Gasteiger partial charge in [-0.3, -0.25) is 47.9 Å². The molecular weight excluding hydrogens is 1270 g/mol. The van der Waals surface area contributed by atoms with Crippen molar-refractivity contribution in [2.24, 2.45) is 42.6 Å². The number of quaternary nitrogens is 2. The zero-order chi connectivity index (χ0) is 71.8. The molecule has 0 aromatic carbocycles. The molecular formula is C75H139N9O15. The van der Waals surface area contributed by atoms with E-state index in [-0.39, 0.29) is 111 Å². The van der Waals surface area contributed by atoms with Gasteiger partial charge in [-0.15, -0.1) is 0 Å². The number of rotatable bonds is 37. The zero-order valence-corrected chi connectivity index (χ0v) is 65.2. The highest BCUT2D eigenvalue weighted by molar-refractivity contribution is 5.89. The number of aryl methyl sites for hydroxylation is 2. The number of imidazole rings is 1. The summed E-state index contributed by atoms with van der Waals surface area (Å²) in [4.78, 5) is 126. The van der Waals surface area contributed by atoms with Gasteiger partial charge in [0.05, 0.1) is 132 Å². The Morgan fingerprint density at radius 1 is 0.434 bits per heavy atom. The molecule has 0 saturated carbocycles. The van der Waals surface area contributed by atoms with Gasteiger partial charge >= 0.3 is 29.8 Å². The molecule has 6 heterocycles. The highest BCUT2D eigenvalue weighted by Crippen LogP contribution is 2.24. The van der Waals surface area contributed by atoms with Crippen LogP contribution in [-0.2, 0) is 85.2 Å². The fourth-order valence-corrected chi connectivity index (χ4v) is 11.4. The van der Waals surface area contributed by atoms with E-state index in [1.807, 2.05) is 42.2 Å². The molecule has 0 aliphatic carbocycles. The van der Waals surface area contributed by atoms with Gasteiger partial charge in [-0.25, -0.2) is 9.13 Å². The van der Waals surface area contributed by atoms with Crippen molar-refractivity contribution in [3.63, 3.8) is 0 Å². The lowest BCUT2D eigenvalue weighted by molar-refractivity contribution is -0.870. The van der Waals surface area contributed by atoms with Crippen molar-refractivity contribution >= 4 is 59.4 Å². The third-order valence-electron chi connectivity index (χ3n) is 17.3. The first kappa shape index (κ1) is 94.9. The van der Waals surface area contributed by atoms with E-state index in [0.717, 1.165) is 131 Å². The molecule has 5 fully saturated rings. The molecule has 5 saturated heterocycles. The molecule has 5 unspecified atom stereocenters. The van der Waals surface area contributed by atoms with Crippen molar-refractivity contribution in [3.05, 3.63) is 41.0 Å². The predicted octanol–water partition coefficient (Wildman–Crippen LogP) is 8.61. The third-order valence-corrected chi connectivity index (χ3v) is 17.3.